The Balaban J connectivity index is 1.85. The smallest absolute Gasteiger partial charge is 0.125 e. The Kier molecular flexibility index (Phi) is 4.33. The lowest BCUT2D eigenvalue weighted by Gasteiger charge is -2.35. The van der Waals surface area contributed by atoms with Crippen molar-refractivity contribution in [3.8, 4) is 11.5 Å². The fourth-order valence-electron chi connectivity index (χ4n) is 3.36. The molecule has 2 unspecified atom stereocenters. The third-order valence-electron chi connectivity index (χ3n) is 4.35. The third kappa shape index (κ3) is 2.86. The number of hydrogen-bond acceptors (Lipinski definition) is 5. The standard InChI is InChI=1S/C16H23NO4/c1-19-14-5-6-15(20-2)16-12(14)9-17(10-13(16)18)8-11-4-3-7-21-11/h5-6,11,13,18H,3-4,7-10H2,1-2H3. The van der Waals surface area contributed by atoms with Gasteiger partial charge in [-0.25, -0.2) is 0 Å². The van der Waals surface area contributed by atoms with Crippen LogP contribution in [0.3, 0.4) is 0 Å². The lowest BCUT2D eigenvalue weighted by molar-refractivity contribution is 0.0360. The van der Waals surface area contributed by atoms with E-state index in [9.17, 15) is 5.11 Å². The molecule has 0 spiro atoms. The summed E-state index contributed by atoms with van der Waals surface area (Å²) < 4.78 is 16.5. The Morgan fingerprint density at radius 1 is 1.29 bits per heavy atom. The molecule has 0 aliphatic carbocycles. The molecule has 5 heteroatoms. The van der Waals surface area contributed by atoms with Gasteiger partial charge in [-0.15, -0.1) is 0 Å². The van der Waals surface area contributed by atoms with Crippen LogP contribution in [0.25, 0.3) is 0 Å². The number of methoxy groups -OCH3 is 2. The molecule has 1 aromatic carbocycles. The van der Waals surface area contributed by atoms with Crippen LogP contribution in [0.1, 0.15) is 30.1 Å². The molecule has 1 N–H and O–H groups in total. The minimum atomic E-state index is -0.555. The zero-order chi connectivity index (χ0) is 14.8. The highest BCUT2D eigenvalue weighted by molar-refractivity contribution is 5.51. The summed E-state index contributed by atoms with van der Waals surface area (Å²) in [5, 5.41) is 10.5. The molecule has 2 aliphatic rings. The molecule has 3 rings (SSSR count). The summed E-state index contributed by atoms with van der Waals surface area (Å²) in [7, 11) is 3.29. The Hall–Kier alpha value is -1.30. The average Bonchev–Trinajstić information content (AvgIpc) is 2.99. The largest absolute Gasteiger partial charge is 0.496 e. The molecule has 1 fully saturated rings. The van der Waals surface area contributed by atoms with E-state index in [4.69, 9.17) is 14.2 Å². The van der Waals surface area contributed by atoms with E-state index >= 15 is 0 Å². The van der Waals surface area contributed by atoms with Crippen molar-refractivity contribution in [2.75, 3.05) is 33.9 Å². The van der Waals surface area contributed by atoms with Crippen molar-refractivity contribution in [1.29, 1.82) is 0 Å². The van der Waals surface area contributed by atoms with Crippen LogP contribution in [0.15, 0.2) is 12.1 Å². The molecule has 0 aromatic heterocycles. The number of ether oxygens (including phenoxy) is 3. The first kappa shape index (κ1) is 14.6. The SMILES string of the molecule is COc1ccc(OC)c2c1CN(CC1CCCO1)CC2O. The summed E-state index contributed by atoms with van der Waals surface area (Å²) in [6.45, 7) is 3.08. The predicted molar refractivity (Wildman–Crippen MR) is 78.8 cm³/mol. The highest BCUT2D eigenvalue weighted by Gasteiger charge is 2.31. The van der Waals surface area contributed by atoms with Gasteiger partial charge in [0.25, 0.3) is 0 Å². The molecule has 1 saturated heterocycles. The van der Waals surface area contributed by atoms with Gasteiger partial charge in [0.2, 0.25) is 0 Å². The quantitative estimate of drug-likeness (QED) is 0.916. The van der Waals surface area contributed by atoms with Crippen molar-refractivity contribution in [2.45, 2.75) is 31.6 Å². The normalized spacial score (nSPS) is 25.7. The Labute approximate surface area is 125 Å². The Morgan fingerprint density at radius 3 is 2.71 bits per heavy atom. The summed E-state index contributed by atoms with van der Waals surface area (Å²) in [6.07, 6.45) is 1.97. The Bertz CT molecular complexity index is 499. The number of aliphatic hydroxyl groups is 1. The van der Waals surface area contributed by atoms with Gasteiger partial charge in [-0.2, -0.15) is 0 Å². The fourth-order valence-corrected chi connectivity index (χ4v) is 3.36. The molecular weight excluding hydrogens is 270 g/mol. The summed E-state index contributed by atoms with van der Waals surface area (Å²) in [5.74, 6) is 1.54. The van der Waals surface area contributed by atoms with Crippen LogP contribution in [0.5, 0.6) is 11.5 Å². The highest BCUT2D eigenvalue weighted by atomic mass is 16.5. The molecule has 2 aliphatic heterocycles. The number of nitrogens with zero attached hydrogens (tertiary/aromatic N) is 1. The van der Waals surface area contributed by atoms with Gasteiger partial charge in [-0.3, -0.25) is 4.90 Å². The van der Waals surface area contributed by atoms with Crippen LogP contribution in [-0.2, 0) is 11.3 Å². The zero-order valence-corrected chi connectivity index (χ0v) is 12.7. The summed E-state index contributed by atoms with van der Waals surface area (Å²) in [6, 6.07) is 3.76. The number of β-amino-alcohol motifs (C(OH)–C–C–N with tert-alkyl or cyclic N) is 1. The molecule has 21 heavy (non-hydrogen) atoms. The monoisotopic (exact) mass is 293 g/mol. The van der Waals surface area contributed by atoms with Gasteiger partial charge in [0.15, 0.2) is 0 Å². The van der Waals surface area contributed by atoms with E-state index in [-0.39, 0.29) is 6.10 Å². The van der Waals surface area contributed by atoms with E-state index in [0.717, 1.165) is 55.2 Å². The number of benzene rings is 1. The third-order valence-corrected chi connectivity index (χ3v) is 4.35. The first-order chi connectivity index (χ1) is 10.2. The zero-order valence-electron chi connectivity index (χ0n) is 12.7. The Morgan fingerprint density at radius 2 is 2.05 bits per heavy atom. The average molecular weight is 293 g/mol. The topological polar surface area (TPSA) is 51.2 Å². The van der Waals surface area contributed by atoms with Crippen LogP contribution in [-0.4, -0.2) is 50.0 Å². The maximum atomic E-state index is 10.5. The van der Waals surface area contributed by atoms with Crippen LogP contribution in [0, 0.1) is 0 Å². The van der Waals surface area contributed by atoms with Crippen molar-refractivity contribution in [3.63, 3.8) is 0 Å². The van der Waals surface area contributed by atoms with Gasteiger partial charge in [-0.05, 0) is 25.0 Å². The van der Waals surface area contributed by atoms with Crippen LogP contribution in [0.2, 0.25) is 0 Å². The molecular formula is C16H23NO4. The van der Waals surface area contributed by atoms with Crippen molar-refractivity contribution >= 4 is 0 Å². The van der Waals surface area contributed by atoms with Crippen molar-refractivity contribution in [2.24, 2.45) is 0 Å². The van der Waals surface area contributed by atoms with E-state index < -0.39 is 6.10 Å². The van der Waals surface area contributed by atoms with Crippen molar-refractivity contribution < 1.29 is 19.3 Å². The molecule has 0 saturated carbocycles. The number of hydrogen-bond donors (Lipinski definition) is 1. The molecule has 2 atom stereocenters. The van der Waals surface area contributed by atoms with E-state index in [1.807, 2.05) is 12.1 Å². The molecule has 2 heterocycles. The maximum Gasteiger partial charge on any atom is 0.125 e. The minimum Gasteiger partial charge on any atom is -0.496 e. The van der Waals surface area contributed by atoms with Gasteiger partial charge < -0.3 is 19.3 Å². The second kappa shape index (κ2) is 6.22. The summed E-state index contributed by atoms with van der Waals surface area (Å²) in [5.41, 5.74) is 1.88. The highest BCUT2D eigenvalue weighted by Crippen LogP contribution is 2.39. The number of fused-ring (bicyclic) bond motifs is 1. The predicted octanol–water partition coefficient (Wildman–Crippen LogP) is 1.73. The van der Waals surface area contributed by atoms with E-state index in [1.54, 1.807) is 14.2 Å². The lowest BCUT2D eigenvalue weighted by Crippen LogP contribution is -2.38. The van der Waals surface area contributed by atoms with Gasteiger partial charge in [-0.1, -0.05) is 0 Å². The molecule has 116 valence electrons. The van der Waals surface area contributed by atoms with Crippen LogP contribution in [0.4, 0.5) is 0 Å². The number of rotatable bonds is 4. The first-order valence-corrected chi connectivity index (χ1v) is 7.48. The molecule has 0 bridgehead atoms. The van der Waals surface area contributed by atoms with Crippen LogP contribution < -0.4 is 9.47 Å². The maximum absolute atomic E-state index is 10.5. The second-order valence-corrected chi connectivity index (χ2v) is 5.71. The molecule has 1 aromatic rings. The van der Waals surface area contributed by atoms with Gasteiger partial charge in [0.1, 0.15) is 11.5 Å². The van der Waals surface area contributed by atoms with Crippen molar-refractivity contribution in [3.05, 3.63) is 23.3 Å². The van der Waals surface area contributed by atoms with E-state index in [0.29, 0.717) is 6.54 Å². The van der Waals surface area contributed by atoms with Crippen molar-refractivity contribution in [1.82, 2.24) is 4.90 Å². The van der Waals surface area contributed by atoms with Gasteiger partial charge in [0.05, 0.1) is 26.4 Å². The fraction of sp³-hybridized carbons (Fsp3) is 0.625. The minimum absolute atomic E-state index is 0.287. The molecule has 0 radical (unpaired) electrons. The number of aliphatic hydroxyl groups excluding tert-OH is 1. The lowest BCUT2D eigenvalue weighted by atomic mass is 9.95. The van der Waals surface area contributed by atoms with Gasteiger partial charge in [0, 0.05) is 37.4 Å². The summed E-state index contributed by atoms with van der Waals surface area (Å²) >= 11 is 0. The second-order valence-electron chi connectivity index (χ2n) is 5.71. The van der Waals surface area contributed by atoms with E-state index in [2.05, 4.69) is 4.90 Å². The van der Waals surface area contributed by atoms with Crippen LogP contribution >= 0.6 is 0 Å². The molecule has 0 amide bonds. The first-order valence-electron chi connectivity index (χ1n) is 7.48. The summed E-state index contributed by atoms with van der Waals surface area (Å²) in [4.78, 5) is 2.24. The van der Waals surface area contributed by atoms with Gasteiger partial charge >= 0.3 is 0 Å². The van der Waals surface area contributed by atoms with E-state index in [1.165, 1.54) is 0 Å². The molecule has 5 nitrogen and oxygen atoms in total.